The highest BCUT2D eigenvalue weighted by Crippen LogP contribution is 2.27. The second-order valence-electron chi connectivity index (χ2n) is 4.27. The van der Waals surface area contributed by atoms with Crippen LogP contribution < -0.4 is 19.9 Å². The van der Waals surface area contributed by atoms with E-state index in [0.29, 0.717) is 30.4 Å². The molecule has 0 aliphatic carbocycles. The number of nitrogens with zero attached hydrogens (tertiary/aromatic N) is 1. The highest BCUT2D eigenvalue weighted by molar-refractivity contribution is 5.85. The summed E-state index contributed by atoms with van der Waals surface area (Å²) in [4.78, 5) is 12.9. The van der Waals surface area contributed by atoms with E-state index in [1.807, 2.05) is 0 Å². The number of methoxy groups -OCH3 is 2. The molecular formula is C14H23ClN2O4. The van der Waals surface area contributed by atoms with Crippen LogP contribution in [0.4, 0.5) is 0 Å². The van der Waals surface area contributed by atoms with E-state index in [0.717, 1.165) is 6.42 Å². The van der Waals surface area contributed by atoms with Gasteiger partial charge in [-0.3, -0.25) is 4.79 Å². The molecule has 0 spiro atoms. The summed E-state index contributed by atoms with van der Waals surface area (Å²) in [7, 11) is 4.90. The standard InChI is InChI=1S/C14H22N2O4.ClH/c1-16(14(17)10-15)5-4-6-20-13-8-11(18-2)7-12(9-13)19-3;/h7-9H,4-6,10,15H2,1-3H3;1H. The normalized spacial score (nSPS) is 9.52. The second kappa shape index (κ2) is 10.1. The monoisotopic (exact) mass is 318 g/mol. The van der Waals surface area contributed by atoms with E-state index in [1.165, 1.54) is 0 Å². The summed E-state index contributed by atoms with van der Waals surface area (Å²) < 4.78 is 15.9. The average molecular weight is 319 g/mol. The molecule has 1 aromatic carbocycles. The van der Waals surface area contributed by atoms with Crippen LogP contribution in [0.3, 0.4) is 0 Å². The lowest BCUT2D eigenvalue weighted by atomic mass is 10.3. The first kappa shape index (κ1) is 19.3. The van der Waals surface area contributed by atoms with E-state index in [4.69, 9.17) is 19.9 Å². The predicted octanol–water partition coefficient (Wildman–Crippen LogP) is 1.31. The summed E-state index contributed by atoms with van der Waals surface area (Å²) in [6.07, 6.45) is 0.724. The fraction of sp³-hybridized carbons (Fsp3) is 0.500. The third-order valence-corrected chi connectivity index (χ3v) is 2.83. The summed E-state index contributed by atoms with van der Waals surface area (Å²) in [6, 6.07) is 5.36. The van der Waals surface area contributed by atoms with Crippen molar-refractivity contribution in [3.8, 4) is 17.2 Å². The molecule has 0 bridgehead atoms. The molecule has 0 saturated carbocycles. The number of carbonyl (C=O) groups is 1. The molecule has 2 N–H and O–H groups in total. The lowest BCUT2D eigenvalue weighted by Gasteiger charge is -2.16. The SMILES string of the molecule is COc1cc(OC)cc(OCCCN(C)C(=O)CN)c1.Cl. The Kier molecular flexibility index (Phi) is 9.32. The van der Waals surface area contributed by atoms with Crippen molar-refractivity contribution in [1.29, 1.82) is 0 Å². The molecule has 0 atom stereocenters. The van der Waals surface area contributed by atoms with Crippen molar-refractivity contribution in [2.75, 3.05) is 41.0 Å². The van der Waals surface area contributed by atoms with Crippen LogP contribution in [0.25, 0.3) is 0 Å². The zero-order chi connectivity index (χ0) is 15.0. The predicted molar refractivity (Wildman–Crippen MR) is 83.6 cm³/mol. The number of hydrogen-bond acceptors (Lipinski definition) is 5. The van der Waals surface area contributed by atoms with Gasteiger partial charge in [0.1, 0.15) is 17.2 Å². The van der Waals surface area contributed by atoms with E-state index < -0.39 is 0 Å². The highest BCUT2D eigenvalue weighted by atomic mass is 35.5. The van der Waals surface area contributed by atoms with Gasteiger partial charge in [0.25, 0.3) is 0 Å². The Morgan fingerprint density at radius 2 is 1.67 bits per heavy atom. The fourth-order valence-corrected chi connectivity index (χ4v) is 1.64. The summed E-state index contributed by atoms with van der Waals surface area (Å²) in [6.45, 7) is 1.14. The van der Waals surface area contributed by atoms with Crippen molar-refractivity contribution < 1.29 is 19.0 Å². The molecule has 21 heavy (non-hydrogen) atoms. The number of hydrogen-bond donors (Lipinski definition) is 1. The zero-order valence-electron chi connectivity index (χ0n) is 12.6. The van der Waals surface area contributed by atoms with Gasteiger partial charge >= 0.3 is 0 Å². The maximum atomic E-state index is 11.3. The number of carbonyl (C=O) groups excluding carboxylic acids is 1. The van der Waals surface area contributed by atoms with E-state index in [1.54, 1.807) is 44.4 Å². The van der Waals surface area contributed by atoms with Gasteiger partial charge in [-0.15, -0.1) is 12.4 Å². The smallest absolute Gasteiger partial charge is 0.236 e. The highest BCUT2D eigenvalue weighted by Gasteiger charge is 2.06. The van der Waals surface area contributed by atoms with Crippen LogP contribution >= 0.6 is 12.4 Å². The Morgan fingerprint density at radius 1 is 1.14 bits per heavy atom. The van der Waals surface area contributed by atoms with Crippen molar-refractivity contribution in [3.05, 3.63) is 18.2 Å². The Labute approximate surface area is 131 Å². The molecule has 1 rings (SSSR count). The molecule has 120 valence electrons. The minimum absolute atomic E-state index is 0. The van der Waals surface area contributed by atoms with Gasteiger partial charge in [-0.25, -0.2) is 0 Å². The molecule has 6 nitrogen and oxygen atoms in total. The van der Waals surface area contributed by atoms with E-state index >= 15 is 0 Å². The molecule has 0 heterocycles. The third-order valence-electron chi connectivity index (χ3n) is 2.83. The van der Waals surface area contributed by atoms with Gasteiger partial charge in [-0.1, -0.05) is 0 Å². The number of ether oxygens (including phenoxy) is 3. The van der Waals surface area contributed by atoms with Crippen LogP contribution in [0.5, 0.6) is 17.2 Å². The molecule has 0 saturated heterocycles. The summed E-state index contributed by atoms with van der Waals surface area (Å²) >= 11 is 0. The van der Waals surface area contributed by atoms with Crippen molar-refractivity contribution in [2.45, 2.75) is 6.42 Å². The molecular weight excluding hydrogens is 296 g/mol. The maximum absolute atomic E-state index is 11.3. The average Bonchev–Trinajstić information content (AvgIpc) is 2.49. The van der Waals surface area contributed by atoms with Crippen molar-refractivity contribution in [1.82, 2.24) is 4.90 Å². The van der Waals surface area contributed by atoms with Gasteiger partial charge in [0.15, 0.2) is 0 Å². The number of benzene rings is 1. The van der Waals surface area contributed by atoms with Crippen LogP contribution in [0.1, 0.15) is 6.42 Å². The Balaban J connectivity index is 0.00000400. The number of amides is 1. The minimum Gasteiger partial charge on any atom is -0.496 e. The van der Waals surface area contributed by atoms with Crippen LogP contribution in [0, 0.1) is 0 Å². The Hall–Kier alpha value is -1.66. The number of likely N-dealkylation sites (N-methyl/N-ethyl adjacent to an activating group) is 1. The van der Waals surface area contributed by atoms with Gasteiger partial charge in [0.2, 0.25) is 5.91 Å². The Bertz CT molecular complexity index is 421. The lowest BCUT2D eigenvalue weighted by molar-refractivity contribution is -0.128. The van der Waals surface area contributed by atoms with Crippen LogP contribution in [-0.4, -0.2) is 51.8 Å². The van der Waals surface area contributed by atoms with E-state index in [-0.39, 0.29) is 24.9 Å². The van der Waals surface area contributed by atoms with Crippen molar-refractivity contribution in [3.63, 3.8) is 0 Å². The Morgan fingerprint density at radius 3 is 2.14 bits per heavy atom. The first-order chi connectivity index (χ1) is 9.60. The topological polar surface area (TPSA) is 74.0 Å². The molecule has 1 amide bonds. The largest absolute Gasteiger partial charge is 0.496 e. The lowest BCUT2D eigenvalue weighted by Crippen LogP contribution is -2.33. The molecule has 1 aromatic rings. The van der Waals surface area contributed by atoms with Gasteiger partial charge in [-0.2, -0.15) is 0 Å². The van der Waals surface area contributed by atoms with E-state index in [9.17, 15) is 4.79 Å². The van der Waals surface area contributed by atoms with Crippen LogP contribution in [0.2, 0.25) is 0 Å². The van der Waals surface area contributed by atoms with Crippen LogP contribution in [0.15, 0.2) is 18.2 Å². The fourth-order valence-electron chi connectivity index (χ4n) is 1.64. The number of rotatable bonds is 8. The zero-order valence-corrected chi connectivity index (χ0v) is 13.4. The van der Waals surface area contributed by atoms with Crippen molar-refractivity contribution >= 4 is 18.3 Å². The van der Waals surface area contributed by atoms with Gasteiger partial charge in [0.05, 0.1) is 27.4 Å². The number of halogens is 1. The molecule has 0 aliphatic rings. The van der Waals surface area contributed by atoms with Gasteiger partial charge in [0, 0.05) is 31.8 Å². The number of nitrogens with two attached hydrogens (primary N) is 1. The molecule has 0 unspecified atom stereocenters. The molecule has 0 aliphatic heterocycles. The summed E-state index contributed by atoms with van der Waals surface area (Å²) in [5.74, 6) is 1.95. The molecule has 0 fully saturated rings. The van der Waals surface area contributed by atoms with Crippen molar-refractivity contribution in [2.24, 2.45) is 5.73 Å². The molecule has 0 radical (unpaired) electrons. The van der Waals surface area contributed by atoms with Crippen LogP contribution in [-0.2, 0) is 4.79 Å². The first-order valence-electron chi connectivity index (χ1n) is 6.40. The minimum atomic E-state index is -0.0759. The molecule has 0 aromatic heterocycles. The maximum Gasteiger partial charge on any atom is 0.236 e. The van der Waals surface area contributed by atoms with Gasteiger partial charge < -0.3 is 24.8 Å². The van der Waals surface area contributed by atoms with E-state index in [2.05, 4.69) is 0 Å². The first-order valence-corrected chi connectivity index (χ1v) is 6.40. The third kappa shape index (κ3) is 6.55. The quantitative estimate of drug-likeness (QED) is 0.732. The van der Waals surface area contributed by atoms with Gasteiger partial charge in [-0.05, 0) is 6.42 Å². The summed E-state index contributed by atoms with van der Waals surface area (Å²) in [5.41, 5.74) is 5.28. The molecule has 7 heteroatoms. The summed E-state index contributed by atoms with van der Waals surface area (Å²) in [5, 5.41) is 0. The second-order valence-corrected chi connectivity index (χ2v) is 4.27.